The summed E-state index contributed by atoms with van der Waals surface area (Å²) < 4.78 is 35.5. The summed E-state index contributed by atoms with van der Waals surface area (Å²) >= 11 is 7.74. The van der Waals surface area contributed by atoms with Gasteiger partial charge in [0.2, 0.25) is 0 Å². The summed E-state index contributed by atoms with van der Waals surface area (Å²) in [7, 11) is 1.60. The molecule has 34 heavy (non-hydrogen) atoms. The highest BCUT2D eigenvalue weighted by Crippen LogP contribution is 2.42. The Hall–Kier alpha value is -2.90. The molecule has 0 aliphatic heterocycles. The van der Waals surface area contributed by atoms with Gasteiger partial charge in [-0.15, -0.1) is 0 Å². The van der Waals surface area contributed by atoms with Gasteiger partial charge in [0, 0.05) is 29.1 Å². The average molecular weight is 498 g/mol. The number of pyridine rings is 1. The Labute approximate surface area is 206 Å². The van der Waals surface area contributed by atoms with Gasteiger partial charge < -0.3 is 4.74 Å². The van der Waals surface area contributed by atoms with E-state index in [1.165, 1.54) is 30.1 Å². The number of hydrogen-bond donors (Lipinski definition) is 0. The van der Waals surface area contributed by atoms with Gasteiger partial charge in [0.15, 0.2) is 5.16 Å². The lowest BCUT2D eigenvalue weighted by Crippen LogP contribution is -2.15. The van der Waals surface area contributed by atoms with E-state index in [1.54, 1.807) is 31.5 Å². The van der Waals surface area contributed by atoms with E-state index in [9.17, 15) is 8.78 Å². The van der Waals surface area contributed by atoms with Crippen LogP contribution in [0.3, 0.4) is 0 Å². The molecule has 1 atom stereocenters. The molecule has 2 heterocycles. The molecular formula is C26H22ClF2N3OS. The zero-order valence-corrected chi connectivity index (χ0v) is 20.0. The van der Waals surface area contributed by atoms with Crippen LogP contribution in [0, 0.1) is 11.6 Å². The Morgan fingerprint density at radius 1 is 1.15 bits per heavy atom. The number of imidazole rings is 1. The molecule has 8 heteroatoms. The van der Waals surface area contributed by atoms with Gasteiger partial charge >= 0.3 is 0 Å². The topological polar surface area (TPSA) is 39.9 Å². The normalized spacial score (nSPS) is 15.2. The van der Waals surface area contributed by atoms with Gasteiger partial charge in [-0.1, -0.05) is 29.4 Å². The molecule has 0 bridgehead atoms. The van der Waals surface area contributed by atoms with Crippen LogP contribution in [0.1, 0.15) is 41.3 Å². The largest absolute Gasteiger partial charge is 0.495 e. The number of hydrogen-bond acceptors (Lipinski definition) is 4. The first-order valence-corrected chi connectivity index (χ1v) is 12.3. The van der Waals surface area contributed by atoms with Crippen molar-refractivity contribution in [2.24, 2.45) is 0 Å². The van der Waals surface area contributed by atoms with E-state index in [0.29, 0.717) is 22.1 Å². The molecule has 4 aromatic rings. The highest BCUT2D eigenvalue weighted by atomic mass is 35.5. The number of fused-ring (bicyclic) bond motifs is 1. The number of thioether (sulfide) groups is 1. The zero-order chi connectivity index (χ0) is 23.7. The van der Waals surface area contributed by atoms with Gasteiger partial charge in [-0.05, 0) is 67.3 Å². The van der Waals surface area contributed by atoms with Crippen molar-refractivity contribution in [3.8, 4) is 11.4 Å². The van der Waals surface area contributed by atoms with Crippen molar-refractivity contribution in [1.29, 1.82) is 0 Å². The van der Waals surface area contributed by atoms with E-state index >= 15 is 0 Å². The Bertz CT molecular complexity index is 1330. The van der Waals surface area contributed by atoms with Crippen LogP contribution in [0.5, 0.6) is 5.75 Å². The molecule has 5 rings (SSSR count). The number of aryl methyl sites for hydroxylation is 1. The predicted molar refractivity (Wildman–Crippen MR) is 130 cm³/mol. The summed E-state index contributed by atoms with van der Waals surface area (Å²) in [5.41, 5.74) is 4.54. The van der Waals surface area contributed by atoms with Crippen LogP contribution in [0.2, 0.25) is 5.02 Å². The van der Waals surface area contributed by atoms with Crippen molar-refractivity contribution in [2.75, 3.05) is 7.11 Å². The van der Waals surface area contributed by atoms with Gasteiger partial charge in [0.05, 0.1) is 29.7 Å². The predicted octanol–water partition coefficient (Wildman–Crippen LogP) is 6.97. The molecule has 174 valence electrons. The van der Waals surface area contributed by atoms with E-state index in [4.69, 9.17) is 21.3 Å². The molecule has 0 saturated carbocycles. The molecule has 0 saturated heterocycles. The fourth-order valence-corrected chi connectivity index (χ4v) is 5.64. The number of halogens is 3. The summed E-state index contributed by atoms with van der Waals surface area (Å²) in [6, 6.07) is 13.9. The van der Waals surface area contributed by atoms with Gasteiger partial charge in [-0.25, -0.2) is 13.8 Å². The van der Waals surface area contributed by atoms with Crippen molar-refractivity contribution in [2.45, 2.75) is 36.1 Å². The Balaban J connectivity index is 1.61. The summed E-state index contributed by atoms with van der Waals surface area (Å²) in [6.07, 6.45) is 5.58. The number of nitrogens with zero attached hydrogens (tertiary/aromatic N) is 3. The molecule has 0 radical (unpaired) electrons. The minimum absolute atomic E-state index is 0.0690. The first kappa shape index (κ1) is 22.9. The summed E-state index contributed by atoms with van der Waals surface area (Å²) in [4.78, 5) is 8.80. The minimum Gasteiger partial charge on any atom is -0.495 e. The summed E-state index contributed by atoms with van der Waals surface area (Å²) in [5, 5.41) is 1.31. The molecule has 1 unspecified atom stereocenters. The van der Waals surface area contributed by atoms with E-state index in [0.717, 1.165) is 47.1 Å². The van der Waals surface area contributed by atoms with E-state index < -0.39 is 0 Å². The van der Waals surface area contributed by atoms with E-state index in [-0.39, 0.29) is 17.6 Å². The number of rotatable bonds is 6. The molecule has 1 aliphatic carbocycles. The molecule has 0 amide bonds. The van der Waals surface area contributed by atoms with Gasteiger partial charge in [0.25, 0.3) is 0 Å². The Morgan fingerprint density at radius 2 is 1.97 bits per heavy atom. The third-order valence-electron chi connectivity index (χ3n) is 6.07. The van der Waals surface area contributed by atoms with Crippen LogP contribution < -0.4 is 4.74 Å². The smallest absolute Gasteiger partial charge is 0.173 e. The maximum atomic E-state index is 14.2. The highest BCUT2D eigenvalue weighted by molar-refractivity contribution is 7.98. The first-order chi connectivity index (χ1) is 16.5. The van der Waals surface area contributed by atoms with Crippen molar-refractivity contribution < 1.29 is 13.5 Å². The molecule has 0 N–H and O–H groups in total. The monoisotopic (exact) mass is 497 g/mol. The fourth-order valence-electron chi connectivity index (χ4n) is 4.42. The quantitative estimate of drug-likeness (QED) is 0.270. The van der Waals surface area contributed by atoms with Crippen LogP contribution in [-0.2, 0) is 12.2 Å². The minimum atomic E-state index is -0.342. The standard InChI is InChI=1S/C26H22ClF2N3OS/c1-33-24-13-16(5-10-21(24)27)20-3-2-4-23-25(20)32(19-8-6-18(28)7-9-19)26(31-23)34-15-17-11-12-30-14-22(17)29/h5-14,20H,2-4,15H2,1H3. The van der Waals surface area contributed by atoms with Crippen LogP contribution in [0.25, 0.3) is 5.69 Å². The third kappa shape index (κ3) is 4.42. The Morgan fingerprint density at radius 3 is 2.74 bits per heavy atom. The van der Waals surface area contributed by atoms with Crippen LogP contribution in [-0.4, -0.2) is 21.6 Å². The summed E-state index contributed by atoms with van der Waals surface area (Å²) in [6.45, 7) is 0. The van der Waals surface area contributed by atoms with Crippen LogP contribution in [0.4, 0.5) is 8.78 Å². The van der Waals surface area contributed by atoms with Crippen molar-refractivity contribution >= 4 is 23.4 Å². The lowest BCUT2D eigenvalue weighted by atomic mass is 9.84. The first-order valence-electron chi connectivity index (χ1n) is 11.0. The second-order valence-corrected chi connectivity index (χ2v) is 9.48. The van der Waals surface area contributed by atoms with Crippen molar-refractivity contribution in [1.82, 2.24) is 14.5 Å². The summed E-state index contributed by atoms with van der Waals surface area (Å²) in [5.74, 6) is 0.460. The molecule has 0 fully saturated rings. The maximum absolute atomic E-state index is 14.2. The lowest BCUT2D eigenvalue weighted by molar-refractivity contribution is 0.414. The molecule has 1 aliphatic rings. The number of methoxy groups -OCH3 is 1. The Kier molecular flexibility index (Phi) is 6.57. The SMILES string of the molecule is COc1cc(C2CCCc3nc(SCc4ccncc4F)n(-c4ccc(F)cc4)c32)ccc1Cl. The molecule has 2 aromatic carbocycles. The molecule has 4 nitrogen and oxygen atoms in total. The van der Waals surface area contributed by atoms with Crippen molar-refractivity contribution in [3.63, 3.8) is 0 Å². The van der Waals surface area contributed by atoms with Gasteiger partial charge in [-0.3, -0.25) is 9.55 Å². The maximum Gasteiger partial charge on any atom is 0.173 e. The number of benzene rings is 2. The number of ether oxygens (including phenoxy) is 1. The van der Waals surface area contributed by atoms with E-state index in [1.807, 2.05) is 18.2 Å². The third-order valence-corrected chi connectivity index (χ3v) is 7.37. The second-order valence-electron chi connectivity index (χ2n) is 8.13. The van der Waals surface area contributed by atoms with Crippen molar-refractivity contribution in [3.05, 3.63) is 100 Å². The average Bonchev–Trinajstić information content (AvgIpc) is 3.23. The second kappa shape index (κ2) is 9.76. The zero-order valence-electron chi connectivity index (χ0n) is 18.5. The molecular weight excluding hydrogens is 476 g/mol. The van der Waals surface area contributed by atoms with Crippen LogP contribution >= 0.6 is 23.4 Å². The lowest BCUT2D eigenvalue weighted by Gasteiger charge is -2.25. The molecule has 0 spiro atoms. The van der Waals surface area contributed by atoms with Gasteiger partial charge in [-0.2, -0.15) is 0 Å². The van der Waals surface area contributed by atoms with Gasteiger partial charge in [0.1, 0.15) is 17.4 Å². The van der Waals surface area contributed by atoms with E-state index in [2.05, 4.69) is 9.55 Å². The molecule has 2 aromatic heterocycles. The highest BCUT2D eigenvalue weighted by Gasteiger charge is 2.30. The van der Waals surface area contributed by atoms with Crippen LogP contribution in [0.15, 0.2) is 66.1 Å². The fraction of sp³-hybridized carbons (Fsp3) is 0.231. The number of aromatic nitrogens is 3.